The molecule has 3 aromatic carbocycles. The van der Waals surface area contributed by atoms with Crippen molar-refractivity contribution in [3.05, 3.63) is 83.9 Å². The number of nitrogens with zero attached hydrogens (tertiary/aromatic N) is 2. The number of anilines is 2. The lowest BCUT2D eigenvalue weighted by Crippen LogP contribution is -2.35. The van der Waals surface area contributed by atoms with Gasteiger partial charge in [0.15, 0.2) is 0 Å². The van der Waals surface area contributed by atoms with E-state index >= 15 is 0 Å². The van der Waals surface area contributed by atoms with Crippen molar-refractivity contribution in [3.8, 4) is 5.75 Å². The Balaban J connectivity index is 1.48. The molecule has 1 aliphatic rings. The van der Waals surface area contributed by atoms with Crippen LogP contribution in [-0.2, 0) is 21.3 Å². The average molecular weight is 496 g/mol. The number of carbonyl (C=O) groups excluding carboxylic acids is 1. The van der Waals surface area contributed by atoms with E-state index in [4.69, 9.17) is 9.47 Å². The summed E-state index contributed by atoms with van der Waals surface area (Å²) in [5.41, 5.74) is 2.48. The minimum Gasteiger partial charge on any atom is -0.497 e. The van der Waals surface area contributed by atoms with Gasteiger partial charge >= 0.3 is 0 Å². The molecule has 0 bridgehead atoms. The molecule has 1 N–H and O–H groups in total. The first kappa shape index (κ1) is 24.7. The van der Waals surface area contributed by atoms with Crippen LogP contribution in [0.2, 0.25) is 0 Å². The number of rotatable bonds is 8. The minimum absolute atomic E-state index is 0.0320. The molecule has 0 atom stereocenters. The Kier molecular flexibility index (Phi) is 7.70. The number of ether oxygens (including phenoxy) is 2. The first-order valence-corrected chi connectivity index (χ1v) is 12.7. The van der Waals surface area contributed by atoms with E-state index in [2.05, 4.69) is 10.2 Å². The van der Waals surface area contributed by atoms with Crippen LogP contribution in [0.5, 0.6) is 5.75 Å². The summed E-state index contributed by atoms with van der Waals surface area (Å²) in [5.74, 6) is 0.255. The van der Waals surface area contributed by atoms with E-state index in [1.54, 1.807) is 43.5 Å². The Morgan fingerprint density at radius 1 is 1.03 bits per heavy atom. The van der Waals surface area contributed by atoms with Gasteiger partial charge in [-0.25, -0.2) is 8.42 Å². The maximum Gasteiger partial charge on any atom is 0.264 e. The van der Waals surface area contributed by atoms with Gasteiger partial charge < -0.3 is 14.8 Å². The largest absolute Gasteiger partial charge is 0.497 e. The fourth-order valence-electron chi connectivity index (χ4n) is 3.86. The smallest absolute Gasteiger partial charge is 0.264 e. The highest BCUT2D eigenvalue weighted by Crippen LogP contribution is 2.25. The summed E-state index contributed by atoms with van der Waals surface area (Å²) < 4.78 is 38.1. The van der Waals surface area contributed by atoms with E-state index in [0.29, 0.717) is 17.1 Å². The van der Waals surface area contributed by atoms with Gasteiger partial charge in [-0.05, 0) is 60.2 Å². The van der Waals surface area contributed by atoms with E-state index in [0.717, 1.165) is 38.4 Å². The van der Waals surface area contributed by atoms with Gasteiger partial charge in [0.2, 0.25) is 0 Å². The van der Waals surface area contributed by atoms with Gasteiger partial charge in [-0.2, -0.15) is 0 Å². The van der Waals surface area contributed by atoms with Crippen molar-refractivity contribution in [2.24, 2.45) is 0 Å². The van der Waals surface area contributed by atoms with Crippen molar-refractivity contribution >= 4 is 27.3 Å². The quantitative estimate of drug-likeness (QED) is 0.514. The number of nitrogens with one attached hydrogen (secondary N) is 1. The molecular weight excluding hydrogens is 466 g/mol. The lowest BCUT2D eigenvalue weighted by molar-refractivity contribution is 0.0342. The first-order valence-electron chi connectivity index (χ1n) is 11.3. The van der Waals surface area contributed by atoms with E-state index in [9.17, 15) is 13.2 Å². The summed E-state index contributed by atoms with van der Waals surface area (Å²) in [6.45, 7) is 3.98. The second-order valence-corrected chi connectivity index (χ2v) is 10.2. The zero-order valence-electron chi connectivity index (χ0n) is 19.8. The molecule has 0 aliphatic carbocycles. The molecule has 4 rings (SSSR count). The molecule has 1 saturated heterocycles. The van der Waals surface area contributed by atoms with Crippen LogP contribution in [-0.4, -0.2) is 59.7 Å². The zero-order chi connectivity index (χ0) is 24.8. The molecule has 1 fully saturated rings. The number of hydrogen-bond acceptors (Lipinski definition) is 6. The molecular formula is C26H29N3O5S. The van der Waals surface area contributed by atoms with Crippen molar-refractivity contribution < 1.29 is 22.7 Å². The van der Waals surface area contributed by atoms with E-state index < -0.39 is 10.0 Å². The lowest BCUT2D eigenvalue weighted by atomic mass is 10.1. The number of amides is 1. The Labute approximate surface area is 206 Å². The van der Waals surface area contributed by atoms with Gasteiger partial charge in [-0.1, -0.05) is 18.2 Å². The number of morpholine rings is 1. The molecule has 0 spiro atoms. The SMILES string of the molecule is COc1ccc(N(C)S(=O)(=O)c2cccc(C(=O)Nc3cccc(CN4CCOCC4)c3)c2)cc1. The highest BCUT2D eigenvalue weighted by molar-refractivity contribution is 7.92. The van der Waals surface area contributed by atoms with Crippen LogP contribution in [0.1, 0.15) is 15.9 Å². The molecule has 1 heterocycles. The zero-order valence-corrected chi connectivity index (χ0v) is 20.6. The normalized spacial score (nSPS) is 14.3. The number of benzene rings is 3. The average Bonchev–Trinajstić information content (AvgIpc) is 2.89. The van der Waals surface area contributed by atoms with Crippen molar-refractivity contribution in [1.82, 2.24) is 4.90 Å². The Hall–Kier alpha value is -3.40. The topological polar surface area (TPSA) is 88.2 Å². The maximum atomic E-state index is 13.2. The summed E-state index contributed by atoms with van der Waals surface area (Å²) in [6, 6.07) is 20.4. The number of hydrogen-bond donors (Lipinski definition) is 1. The standard InChI is InChI=1S/C26H29N3O5S/c1-28(23-9-11-24(33-2)12-10-23)35(31,32)25-8-4-6-21(18-25)26(30)27-22-7-3-5-20(17-22)19-29-13-15-34-16-14-29/h3-12,17-18H,13-16,19H2,1-2H3,(H,27,30). The fraction of sp³-hybridized carbons (Fsp3) is 0.269. The van der Waals surface area contributed by atoms with Crippen LogP contribution in [0.15, 0.2) is 77.7 Å². The highest BCUT2D eigenvalue weighted by Gasteiger charge is 2.22. The molecule has 8 nitrogen and oxygen atoms in total. The third-order valence-corrected chi connectivity index (χ3v) is 7.67. The van der Waals surface area contributed by atoms with E-state index in [1.807, 2.05) is 24.3 Å². The lowest BCUT2D eigenvalue weighted by Gasteiger charge is -2.26. The van der Waals surface area contributed by atoms with Crippen LogP contribution in [0.25, 0.3) is 0 Å². The van der Waals surface area contributed by atoms with Crippen LogP contribution >= 0.6 is 0 Å². The predicted octanol–water partition coefficient (Wildman–Crippen LogP) is 3.60. The Bertz CT molecular complexity index is 1270. The molecule has 3 aromatic rings. The third-order valence-electron chi connectivity index (χ3n) is 5.89. The highest BCUT2D eigenvalue weighted by atomic mass is 32.2. The summed E-state index contributed by atoms with van der Waals surface area (Å²) in [6.07, 6.45) is 0. The fourth-order valence-corrected chi connectivity index (χ4v) is 5.10. The molecule has 184 valence electrons. The maximum absolute atomic E-state index is 13.2. The van der Waals surface area contributed by atoms with E-state index in [1.165, 1.54) is 23.5 Å². The van der Waals surface area contributed by atoms with Crippen molar-refractivity contribution in [2.45, 2.75) is 11.4 Å². The monoisotopic (exact) mass is 495 g/mol. The van der Waals surface area contributed by atoms with Crippen LogP contribution in [0.4, 0.5) is 11.4 Å². The third kappa shape index (κ3) is 6.00. The van der Waals surface area contributed by atoms with E-state index in [-0.39, 0.29) is 16.4 Å². The van der Waals surface area contributed by atoms with Crippen LogP contribution in [0, 0.1) is 0 Å². The van der Waals surface area contributed by atoms with Crippen molar-refractivity contribution in [2.75, 3.05) is 50.1 Å². The van der Waals surface area contributed by atoms with Gasteiger partial charge in [0.25, 0.3) is 15.9 Å². The molecule has 0 saturated carbocycles. The molecule has 1 amide bonds. The minimum atomic E-state index is -3.87. The first-order chi connectivity index (χ1) is 16.9. The Morgan fingerprint density at radius 2 is 1.74 bits per heavy atom. The van der Waals surface area contributed by atoms with Crippen LogP contribution in [0.3, 0.4) is 0 Å². The second-order valence-electron chi connectivity index (χ2n) is 8.24. The summed E-state index contributed by atoms with van der Waals surface area (Å²) in [4.78, 5) is 15.3. The van der Waals surface area contributed by atoms with Gasteiger partial charge in [0.05, 0.1) is 30.9 Å². The molecule has 0 aromatic heterocycles. The Morgan fingerprint density at radius 3 is 2.46 bits per heavy atom. The summed E-state index contributed by atoms with van der Waals surface area (Å²) in [5, 5.41) is 2.88. The number of sulfonamides is 1. The van der Waals surface area contributed by atoms with Crippen molar-refractivity contribution in [1.29, 1.82) is 0 Å². The second kappa shape index (κ2) is 10.9. The van der Waals surface area contributed by atoms with Gasteiger partial charge in [-0.3, -0.25) is 14.0 Å². The molecule has 1 aliphatic heterocycles. The molecule has 35 heavy (non-hydrogen) atoms. The summed E-state index contributed by atoms with van der Waals surface area (Å²) in [7, 11) is -0.843. The van der Waals surface area contributed by atoms with Gasteiger partial charge in [-0.15, -0.1) is 0 Å². The van der Waals surface area contributed by atoms with Crippen LogP contribution < -0.4 is 14.4 Å². The number of methoxy groups -OCH3 is 1. The molecule has 9 heteroatoms. The summed E-state index contributed by atoms with van der Waals surface area (Å²) >= 11 is 0. The molecule has 0 unspecified atom stereocenters. The predicted molar refractivity (Wildman–Crippen MR) is 136 cm³/mol. The van der Waals surface area contributed by atoms with Gasteiger partial charge in [0, 0.05) is 37.9 Å². The van der Waals surface area contributed by atoms with Crippen molar-refractivity contribution in [3.63, 3.8) is 0 Å². The molecule has 0 radical (unpaired) electrons. The number of carbonyl (C=O) groups is 1. The van der Waals surface area contributed by atoms with Gasteiger partial charge in [0.1, 0.15) is 5.75 Å².